The molecule has 174 valence electrons. The number of benzene rings is 1. The highest BCUT2D eigenvalue weighted by atomic mass is 19.1. The molecule has 7 heteroatoms. The fourth-order valence-electron chi connectivity index (χ4n) is 5.30. The van der Waals surface area contributed by atoms with Crippen molar-refractivity contribution in [1.82, 2.24) is 20.0 Å². The smallest absolute Gasteiger partial charge is 0.272 e. The summed E-state index contributed by atoms with van der Waals surface area (Å²) in [6, 6.07) is 5.01. The average Bonchev–Trinajstić information content (AvgIpc) is 3.26. The molecule has 1 aromatic heterocycles. The third kappa shape index (κ3) is 4.55. The summed E-state index contributed by atoms with van der Waals surface area (Å²) >= 11 is 0. The highest BCUT2D eigenvalue weighted by molar-refractivity contribution is 5.95. The first-order valence-corrected chi connectivity index (χ1v) is 11.6. The van der Waals surface area contributed by atoms with E-state index in [0.717, 1.165) is 31.5 Å². The van der Waals surface area contributed by atoms with E-state index in [2.05, 4.69) is 28.6 Å². The number of halogens is 1. The number of aromatic amines is 1. The van der Waals surface area contributed by atoms with Crippen LogP contribution in [0.15, 0.2) is 35.6 Å². The molecule has 2 unspecified atom stereocenters. The predicted molar refractivity (Wildman–Crippen MR) is 128 cm³/mol. The number of piperidine rings is 1. The lowest BCUT2D eigenvalue weighted by Gasteiger charge is -2.35. The molecule has 0 spiro atoms. The zero-order valence-corrected chi connectivity index (χ0v) is 19.3. The van der Waals surface area contributed by atoms with Crippen molar-refractivity contribution in [3.63, 3.8) is 0 Å². The van der Waals surface area contributed by atoms with Gasteiger partial charge in [0.25, 0.3) is 11.5 Å². The Hall–Kier alpha value is -3.06. The predicted octanol–water partition coefficient (Wildman–Crippen LogP) is 1.82. The van der Waals surface area contributed by atoms with Gasteiger partial charge in [-0.3, -0.25) is 14.5 Å². The van der Waals surface area contributed by atoms with Gasteiger partial charge in [0, 0.05) is 36.0 Å². The zero-order chi connectivity index (χ0) is 23.5. The van der Waals surface area contributed by atoms with E-state index in [-0.39, 0.29) is 17.0 Å². The van der Waals surface area contributed by atoms with E-state index in [1.807, 2.05) is 17.9 Å². The molecular weight excluding hydrogens is 419 g/mol. The number of carbonyl (C=O) groups excluding carboxylic acids is 1. The number of likely N-dealkylation sites (N-methyl/N-ethyl adjacent to an activating group) is 1. The molecule has 2 aromatic rings. The minimum atomic E-state index is -0.511. The maximum atomic E-state index is 14.7. The summed E-state index contributed by atoms with van der Waals surface area (Å²) in [6.07, 6.45) is 7.66. The SMILES string of the molecule is C=CC=c1c(=O)[nH]nc(Cc2ccc(F)c(C(=O)N3CC4CCCN(CC)C4C3)c2)c1=CC. The number of allylic oxidation sites excluding steroid dienone is 1. The number of likely N-dealkylation sites (tertiary alicyclic amines) is 2. The molecular formula is C26H31FN4O2. The second-order valence-electron chi connectivity index (χ2n) is 8.82. The Morgan fingerprint density at radius 2 is 2.15 bits per heavy atom. The maximum absolute atomic E-state index is 14.7. The van der Waals surface area contributed by atoms with Gasteiger partial charge in [0.2, 0.25) is 0 Å². The molecule has 2 aliphatic heterocycles. The normalized spacial score (nSPS) is 22.0. The fourth-order valence-corrected chi connectivity index (χ4v) is 5.30. The number of nitrogens with zero attached hydrogens (tertiary/aromatic N) is 3. The van der Waals surface area contributed by atoms with Crippen LogP contribution in [0.5, 0.6) is 0 Å². The molecule has 0 radical (unpaired) electrons. The lowest BCUT2D eigenvalue weighted by molar-refractivity contribution is 0.0773. The van der Waals surface area contributed by atoms with Crippen LogP contribution in [0.2, 0.25) is 0 Å². The first kappa shape index (κ1) is 23.1. The minimum Gasteiger partial charge on any atom is -0.337 e. The Labute approximate surface area is 193 Å². The Morgan fingerprint density at radius 1 is 1.33 bits per heavy atom. The van der Waals surface area contributed by atoms with Gasteiger partial charge in [-0.15, -0.1) is 0 Å². The molecule has 1 aromatic carbocycles. The van der Waals surface area contributed by atoms with Crippen molar-refractivity contribution in [2.45, 2.75) is 39.2 Å². The summed E-state index contributed by atoms with van der Waals surface area (Å²) < 4.78 is 14.7. The number of amides is 1. The quantitative estimate of drug-likeness (QED) is 0.755. The van der Waals surface area contributed by atoms with Crippen molar-refractivity contribution < 1.29 is 9.18 Å². The number of carbonyl (C=O) groups is 1. The molecule has 4 rings (SSSR count). The summed E-state index contributed by atoms with van der Waals surface area (Å²) in [5.74, 6) is -0.304. The summed E-state index contributed by atoms with van der Waals surface area (Å²) in [5.41, 5.74) is 1.22. The highest BCUT2D eigenvalue weighted by Gasteiger charge is 2.40. The largest absolute Gasteiger partial charge is 0.337 e. The number of H-pyrrole nitrogens is 1. The van der Waals surface area contributed by atoms with E-state index in [0.29, 0.717) is 47.6 Å². The van der Waals surface area contributed by atoms with E-state index < -0.39 is 5.82 Å². The number of aromatic nitrogens is 2. The summed E-state index contributed by atoms with van der Waals surface area (Å²) in [7, 11) is 0. The van der Waals surface area contributed by atoms with E-state index in [4.69, 9.17) is 0 Å². The Balaban J connectivity index is 1.62. The van der Waals surface area contributed by atoms with Crippen LogP contribution in [0.25, 0.3) is 12.2 Å². The van der Waals surface area contributed by atoms with E-state index in [1.54, 1.807) is 24.3 Å². The Morgan fingerprint density at radius 3 is 2.88 bits per heavy atom. The first-order valence-electron chi connectivity index (χ1n) is 11.6. The van der Waals surface area contributed by atoms with Gasteiger partial charge in [0.15, 0.2) is 0 Å². The van der Waals surface area contributed by atoms with E-state index in [9.17, 15) is 14.0 Å². The van der Waals surface area contributed by atoms with Crippen molar-refractivity contribution in [3.05, 3.63) is 74.3 Å². The summed E-state index contributed by atoms with van der Waals surface area (Å²) in [5, 5.41) is 7.92. The van der Waals surface area contributed by atoms with E-state index in [1.165, 1.54) is 6.07 Å². The molecule has 0 bridgehead atoms. The topological polar surface area (TPSA) is 69.3 Å². The van der Waals surface area contributed by atoms with Crippen LogP contribution in [0.3, 0.4) is 0 Å². The number of nitrogens with one attached hydrogen (secondary N) is 1. The second-order valence-corrected chi connectivity index (χ2v) is 8.82. The van der Waals surface area contributed by atoms with Gasteiger partial charge in [0.1, 0.15) is 5.82 Å². The van der Waals surface area contributed by atoms with Crippen molar-refractivity contribution in [2.75, 3.05) is 26.2 Å². The van der Waals surface area contributed by atoms with Crippen LogP contribution < -0.4 is 16.0 Å². The summed E-state index contributed by atoms with van der Waals surface area (Å²) in [6.45, 7) is 11.0. The van der Waals surface area contributed by atoms with Crippen molar-refractivity contribution in [1.29, 1.82) is 0 Å². The van der Waals surface area contributed by atoms with Gasteiger partial charge in [-0.2, -0.15) is 5.10 Å². The number of hydrogen-bond acceptors (Lipinski definition) is 4. The van der Waals surface area contributed by atoms with Crippen LogP contribution in [-0.4, -0.2) is 58.1 Å². The first-order chi connectivity index (χ1) is 16.0. The number of hydrogen-bond donors (Lipinski definition) is 1. The lowest BCUT2D eigenvalue weighted by atomic mass is 9.92. The van der Waals surface area contributed by atoms with Crippen molar-refractivity contribution in [3.8, 4) is 0 Å². The molecule has 6 nitrogen and oxygen atoms in total. The molecule has 2 atom stereocenters. The third-order valence-corrected chi connectivity index (χ3v) is 6.93. The Kier molecular flexibility index (Phi) is 6.88. The van der Waals surface area contributed by atoms with Crippen LogP contribution in [0, 0.1) is 11.7 Å². The molecule has 0 saturated carbocycles. The van der Waals surface area contributed by atoms with Gasteiger partial charge < -0.3 is 4.90 Å². The van der Waals surface area contributed by atoms with E-state index >= 15 is 0 Å². The van der Waals surface area contributed by atoms with Crippen molar-refractivity contribution in [2.24, 2.45) is 5.92 Å². The van der Waals surface area contributed by atoms with Crippen LogP contribution in [0.1, 0.15) is 48.3 Å². The van der Waals surface area contributed by atoms with Gasteiger partial charge >= 0.3 is 0 Å². The monoisotopic (exact) mass is 450 g/mol. The molecule has 1 N–H and O–H groups in total. The van der Waals surface area contributed by atoms with Crippen molar-refractivity contribution >= 4 is 18.1 Å². The van der Waals surface area contributed by atoms with Gasteiger partial charge in [-0.1, -0.05) is 31.7 Å². The molecule has 33 heavy (non-hydrogen) atoms. The van der Waals surface area contributed by atoms with Crippen LogP contribution in [0.4, 0.5) is 4.39 Å². The molecule has 3 heterocycles. The van der Waals surface area contributed by atoms with Gasteiger partial charge in [-0.05, 0) is 62.5 Å². The maximum Gasteiger partial charge on any atom is 0.272 e. The molecule has 2 fully saturated rings. The fraction of sp³-hybridized carbons (Fsp3) is 0.423. The van der Waals surface area contributed by atoms with Crippen LogP contribution in [-0.2, 0) is 6.42 Å². The number of rotatable bonds is 5. The highest BCUT2D eigenvalue weighted by Crippen LogP contribution is 2.31. The minimum absolute atomic E-state index is 0.0959. The second kappa shape index (κ2) is 9.83. The third-order valence-electron chi connectivity index (χ3n) is 6.93. The molecule has 1 amide bonds. The van der Waals surface area contributed by atoms with Crippen LogP contribution >= 0.6 is 0 Å². The van der Waals surface area contributed by atoms with Gasteiger partial charge in [0.05, 0.1) is 11.3 Å². The average molecular weight is 451 g/mol. The number of fused-ring (bicyclic) bond motifs is 1. The molecule has 2 saturated heterocycles. The summed E-state index contributed by atoms with van der Waals surface area (Å²) in [4.78, 5) is 29.7. The van der Waals surface area contributed by atoms with Gasteiger partial charge in [-0.25, -0.2) is 9.49 Å². The molecule has 2 aliphatic rings. The standard InChI is InChI=1S/C26H31FN4O2/c1-4-8-20-19(5-2)23(28-29-25(20)32)14-17-10-11-22(27)21(13-17)26(33)31-15-18-9-7-12-30(6-3)24(18)16-31/h4-5,8,10-11,13,18,24H,1,6-7,9,12,14-16H2,2-3H3,(H,29,32). The Bertz CT molecular complexity index is 1240. The molecule has 0 aliphatic carbocycles. The zero-order valence-electron chi connectivity index (χ0n) is 19.3. The lowest BCUT2D eigenvalue weighted by Crippen LogP contribution is -2.45.